The summed E-state index contributed by atoms with van der Waals surface area (Å²) in [5, 5.41) is 17.3. The zero-order valence-electron chi connectivity index (χ0n) is 41.5. The minimum atomic E-state index is 0.322. The molecular formula is C52H96O6. The van der Waals surface area contributed by atoms with Crippen molar-refractivity contribution >= 4 is 0 Å². The Hall–Kier alpha value is -4.00. The van der Waals surface area contributed by atoms with Crippen molar-refractivity contribution in [2.75, 3.05) is 26.4 Å². The highest BCUT2D eigenvalue weighted by molar-refractivity contribution is 5.22. The monoisotopic (exact) mass is 817 g/mol. The van der Waals surface area contributed by atoms with E-state index in [1.54, 1.807) is 48.5 Å². The zero-order chi connectivity index (χ0) is 46.7. The molecule has 58 heavy (non-hydrogen) atoms. The average Bonchev–Trinajstić information content (AvgIpc) is 4.28. The van der Waals surface area contributed by atoms with Crippen LogP contribution in [-0.4, -0.2) is 48.8 Å². The van der Waals surface area contributed by atoms with Crippen molar-refractivity contribution < 1.29 is 29.2 Å². The van der Waals surface area contributed by atoms with Gasteiger partial charge in [0.15, 0.2) is 0 Å². The second kappa shape index (κ2) is 74.0. The van der Waals surface area contributed by atoms with Crippen LogP contribution in [-0.2, 0) is 9.47 Å². The number of hydrogen-bond acceptors (Lipinski definition) is 6. The maximum atomic E-state index is 8.63. The Morgan fingerprint density at radius 1 is 0.379 bits per heavy atom. The summed E-state index contributed by atoms with van der Waals surface area (Å²) < 4.78 is 20.8. The molecule has 0 aromatic heterocycles. The first kappa shape index (κ1) is 71.7. The number of epoxide rings is 2. The number of ether oxygens (including phenoxy) is 4. The highest BCUT2D eigenvalue weighted by Crippen LogP contribution is 2.14. The summed E-state index contributed by atoms with van der Waals surface area (Å²) in [5.74, 6) is 2.48. The molecule has 2 N–H and O–H groups in total. The van der Waals surface area contributed by atoms with Gasteiger partial charge in [-0.25, -0.2) is 0 Å². The minimum absolute atomic E-state index is 0.322. The fraction of sp³-hybridized carbons (Fsp3) is 0.538. The second-order valence-corrected chi connectivity index (χ2v) is 9.24. The smallest absolute Gasteiger partial charge is 0.119 e. The fourth-order valence-electron chi connectivity index (χ4n) is 2.60. The molecular weight excluding hydrogens is 721 g/mol. The molecule has 6 rings (SSSR count). The van der Waals surface area contributed by atoms with Crippen molar-refractivity contribution in [3.63, 3.8) is 0 Å². The van der Waals surface area contributed by atoms with Gasteiger partial charge in [0.1, 0.15) is 48.4 Å². The van der Waals surface area contributed by atoms with Crippen LogP contribution in [0.1, 0.15) is 151 Å². The van der Waals surface area contributed by atoms with Crippen LogP contribution in [0.15, 0.2) is 121 Å². The van der Waals surface area contributed by atoms with Crippen molar-refractivity contribution in [1.82, 2.24) is 0 Å². The van der Waals surface area contributed by atoms with E-state index >= 15 is 0 Å². The molecule has 2 aliphatic heterocycles. The molecule has 0 radical (unpaired) electrons. The van der Waals surface area contributed by atoms with E-state index in [9.17, 15) is 0 Å². The van der Waals surface area contributed by atoms with Gasteiger partial charge in [0.25, 0.3) is 0 Å². The molecule has 4 aromatic rings. The van der Waals surface area contributed by atoms with Gasteiger partial charge < -0.3 is 29.2 Å². The van der Waals surface area contributed by atoms with E-state index in [0.717, 1.165) is 24.7 Å². The molecule has 340 valence electrons. The van der Waals surface area contributed by atoms with Gasteiger partial charge in [-0.2, -0.15) is 0 Å². The Labute approximate surface area is 362 Å². The van der Waals surface area contributed by atoms with Gasteiger partial charge in [-0.05, 0) is 48.5 Å². The normalized spacial score (nSPS) is 11.6. The summed E-state index contributed by atoms with van der Waals surface area (Å²) in [6.45, 7) is 43.6. The number of para-hydroxylation sites is 4. The molecule has 6 heteroatoms. The maximum absolute atomic E-state index is 8.63. The molecule has 0 saturated carbocycles. The van der Waals surface area contributed by atoms with Gasteiger partial charge in [0.05, 0.1) is 13.2 Å². The standard InChI is InChI=1S/2C9H10O2.2C6H6O.2C3H8.8C2H6/c2*1-2-4-8(5-3-1)10-6-9-7-11-9;2*7-6-4-2-1-3-5-6;2*1-3-2;8*1-2/h2*1-5,9H,6-7H2;2*1-5,7H;2*3H2,1-2H3;8*1-2H3. The van der Waals surface area contributed by atoms with Crippen LogP contribution in [0.5, 0.6) is 23.0 Å². The van der Waals surface area contributed by atoms with Gasteiger partial charge in [-0.1, -0.05) is 224 Å². The molecule has 0 aliphatic carbocycles. The SMILES string of the molecule is CC.CC.CC.CC.CC.CC.CC.CC.CCC.CCC.Oc1ccccc1.Oc1ccccc1.c1ccc(OCC2CO2)cc1.c1ccc(OCC2CO2)cc1. The van der Waals surface area contributed by atoms with E-state index in [0.29, 0.717) is 36.9 Å². The summed E-state index contributed by atoms with van der Waals surface area (Å²) in [6, 6.07) is 37.0. The molecule has 0 amide bonds. The van der Waals surface area contributed by atoms with Crippen molar-refractivity contribution in [3.8, 4) is 23.0 Å². The van der Waals surface area contributed by atoms with Gasteiger partial charge in [-0.15, -0.1) is 0 Å². The number of hydrogen-bond donors (Lipinski definition) is 2. The van der Waals surface area contributed by atoms with E-state index < -0.39 is 0 Å². The van der Waals surface area contributed by atoms with E-state index in [1.165, 1.54) is 12.8 Å². The Kier molecular flexibility index (Phi) is 91.5. The minimum Gasteiger partial charge on any atom is -0.508 e. The lowest BCUT2D eigenvalue weighted by molar-refractivity contribution is 0.263. The predicted octanol–water partition coefficient (Wildman–Crippen LogP) is 16.8. The van der Waals surface area contributed by atoms with Gasteiger partial charge in [0.2, 0.25) is 0 Å². The fourth-order valence-corrected chi connectivity index (χ4v) is 2.60. The van der Waals surface area contributed by atoms with E-state index in [-0.39, 0.29) is 0 Å². The summed E-state index contributed by atoms with van der Waals surface area (Å²) in [5.41, 5.74) is 0. The molecule has 2 aliphatic rings. The summed E-state index contributed by atoms with van der Waals surface area (Å²) >= 11 is 0. The first-order valence-electron chi connectivity index (χ1n) is 22.6. The van der Waals surface area contributed by atoms with Gasteiger partial charge in [0, 0.05) is 0 Å². The largest absolute Gasteiger partial charge is 0.508 e. The van der Waals surface area contributed by atoms with Crippen LogP contribution in [0, 0.1) is 0 Å². The molecule has 2 fully saturated rings. The average molecular weight is 817 g/mol. The lowest BCUT2D eigenvalue weighted by Gasteiger charge is -2.01. The van der Waals surface area contributed by atoms with Crippen LogP contribution in [0.4, 0.5) is 0 Å². The van der Waals surface area contributed by atoms with Gasteiger partial charge >= 0.3 is 0 Å². The Morgan fingerprint density at radius 3 is 0.690 bits per heavy atom. The van der Waals surface area contributed by atoms with E-state index in [2.05, 4.69) is 27.7 Å². The predicted molar refractivity (Wildman–Crippen MR) is 262 cm³/mol. The lowest BCUT2D eigenvalue weighted by Crippen LogP contribution is -2.03. The molecule has 6 nitrogen and oxygen atoms in total. The number of aromatic hydroxyl groups is 2. The zero-order valence-corrected chi connectivity index (χ0v) is 41.5. The van der Waals surface area contributed by atoms with Crippen LogP contribution >= 0.6 is 0 Å². The Morgan fingerprint density at radius 2 is 0.552 bits per heavy atom. The Balaban J connectivity index is -0.0000000834. The molecule has 0 spiro atoms. The summed E-state index contributed by atoms with van der Waals surface area (Å²) in [4.78, 5) is 0. The third kappa shape index (κ3) is 69.9. The van der Waals surface area contributed by atoms with Crippen LogP contribution in [0.2, 0.25) is 0 Å². The first-order chi connectivity index (χ1) is 28.5. The topological polar surface area (TPSA) is 84.0 Å². The second-order valence-electron chi connectivity index (χ2n) is 9.24. The highest BCUT2D eigenvalue weighted by Gasteiger charge is 2.23. The molecule has 2 atom stereocenters. The van der Waals surface area contributed by atoms with E-state index in [4.69, 9.17) is 29.2 Å². The number of rotatable bonds is 6. The molecule has 2 heterocycles. The maximum Gasteiger partial charge on any atom is 0.119 e. The Bertz CT molecular complexity index is 999. The number of phenolic OH excluding ortho intramolecular Hbond substituents is 2. The third-order valence-corrected chi connectivity index (χ3v) is 4.68. The molecule has 2 saturated heterocycles. The van der Waals surface area contributed by atoms with Crippen molar-refractivity contribution in [2.24, 2.45) is 0 Å². The highest BCUT2D eigenvalue weighted by atomic mass is 16.6. The quantitative estimate of drug-likeness (QED) is 0.189. The van der Waals surface area contributed by atoms with Gasteiger partial charge in [-0.3, -0.25) is 0 Å². The van der Waals surface area contributed by atoms with Crippen LogP contribution < -0.4 is 9.47 Å². The molecule has 0 bridgehead atoms. The van der Waals surface area contributed by atoms with Crippen LogP contribution in [0.3, 0.4) is 0 Å². The number of phenols is 2. The molecule has 4 aromatic carbocycles. The van der Waals surface area contributed by atoms with E-state index in [1.807, 2.05) is 184 Å². The third-order valence-electron chi connectivity index (χ3n) is 4.68. The lowest BCUT2D eigenvalue weighted by atomic mass is 10.3. The first-order valence-corrected chi connectivity index (χ1v) is 22.6. The number of benzene rings is 4. The van der Waals surface area contributed by atoms with Crippen molar-refractivity contribution in [1.29, 1.82) is 0 Å². The van der Waals surface area contributed by atoms with Crippen molar-refractivity contribution in [2.45, 2.75) is 164 Å². The summed E-state index contributed by atoms with van der Waals surface area (Å²) in [6.07, 6.45) is 3.19. The summed E-state index contributed by atoms with van der Waals surface area (Å²) in [7, 11) is 0. The van der Waals surface area contributed by atoms with Crippen LogP contribution in [0.25, 0.3) is 0 Å². The van der Waals surface area contributed by atoms with Crippen molar-refractivity contribution in [3.05, 3.63) is 121 Å². The molecule has 2 unspecified atom stereocenters.